The summed E-state index contributed by atoms with van der Waals surface area (Å²) in [6.45, 7) is 3.75. The second-order valence-corrected chi connectivity index (χ2v) is 8.59. The second-order valence-electron chi connectivity index (χ2n) is 8.59. The van der Waals surface area contributed by atoms with Crippen molar-refractivity contribution in [1.82, 2.24) is 20.9 Å². The van der Waals surface area contributed by atoms with Gasteiger partial charge in [-0.3, -0.25) is 19.7 Å². The molecule has 0 radical (unpaired) electrons. The van der Waals surface area contributed by atoms with Gasteiger partial charge in [-0.15, -0.1) is 0 Å². The second kappa shape index (κ2) is 7.19. The molecule has 5 rings (SSSR count). The molecule has 154 valence electrons. The van der Waals surface area contributed by atoms with Gasteiger partial charge in [0.25, 0.3) is 5.91 Å². The average molecular weight is 398 g/mol. The van der Waals surface area contributed by atoms with Crippen molar-refractivity contribution in [1.29, 1.82) is 0 Å². The van der Waals surface area contributed by atoms with Crippen molar-refractivity contribution in [2.45, 2.75) is 56.5 Å². The van der Waals surface area contributed by atoms with Crippen molar-refractivity contribution in [3.8, 4) is 0 Å². The van der Waals surface area contributed by atoms with Crippen LogP contribution < -0.4 is 16.0 Å². The molecule has 0 saturated carbocycles. The molecule has 4 heterocycles. The van der Waals surface area contributed by atoms with Crippen LogP contribution in [0, 0.1) is 0 Å². The molecule has 1 spiro atoms. The molecule has 1 aromatic carbocycles. The first-order chi connectivity index (χ1) is 14.0. The topological polar surface area (TPSA) is 99.8 Å². The smallest absolute Gasteiger partial charge is 0.255 e. The lowest BCUT2D eigenvalue weighted by molar-refractivity contribution is -0.136. The molecule has 0 aromatic heterocycles. The highest BCUT2D eigenvalue weighted by molar-refractivity contribution is 6.05. The molecule has 3 atom stereocenters. The number of rotatable bonds is 4. The van der Waals surface area contributed by atoms with Gasteiger partial charge in [-0.2, -0.15) is 0 Å². The standard InChI is InChI=1S/C21H26N4O4/c26-18-4-3-17(19(27)24-18)25-10-14-2-1-13(7-16(14)20(25)28)9-23-15-8-21(29-11-15)5-6-22-12-21/h1-2,7,15,17,22-23H,3-6,8-12H2,(H,24,26,27). The van der Waals surface area contributed by atoms with Crippen LogP contribution in [0.15, 0.2) is 18.2 Å². The van der Waals surface area contributed by atoms with E-state index in [0.29, 0.717) is 31.1 Å². The SMILES string of the molecule is O=C1CCC(N2Cc3ccc(CNC4COC5(CCNC5)C4)cc3C2=O)C(=O)N1. The molecule has 3 amide bonds. The minimum atomic E-state index is -0.568. The summed E-state index contributed by atoms with van der Waals surface area (Å²) in [5.74, 6) is -0.771. The lowest BCUT2D eigenvalue weighted by Gasteiger charge is -2.29. The fourth-order valence-electron chi connectivity index (χ4n) is 4.97. The van der Waals surface area contributed by atoms with E-state index in [-0.39, 0.29) is 29.7 Å². The number of hydrogen-bond donors (Lipinski definition) is 3. The van der Waals surface area contributed by atoms with E-state index in [4.69, 9.17) is 4.74 Å². The minimum Gasteiger partial charge on any atom is -0.372 e. The van der Waals surface area contributed by atoms with E-state index in [1.807, 2.05) is 18.2 Å². The molecule has 29 heavy (non-hydrogen) atoms. The molecule has 3 fully saturated rings. The van der Waals surface area contributed by atoms with Crippen molar-refractivity contribution in [3.63, 3.8) is 0 Å². The highest BCUT2D eigenvalue weighted by atomic mass is 16.5. The van der Waals surface area contributed by atoms with E-state index in [2.05, 4.69) is 16.0 Å². The van der Waals surface area contributed by atoms with E-state index in [1.54, 1.807) is 4.90 Å². The number of benzene rings is 1. The minimum absolute atomic E-state index is 0.00593. The predicted molar refractivity (Wildman–Crippen MR) is 104 cm³/mol. The molecule has 0 bridgehead atoms. The molecule has 3 saturated heterocycles. The van der Waals surface area contributed by atoms with Gasteiger partial charge in [-0.1, -0.05) is 12.1 Å². The van der Waals surface area contributed by atoms with Crippen molar-refractivity contribution in [2.75, 3.05) is 19.7 Å². The van der Waals surface area contributed by atoms with Crippen LogP contribution in [0.1, 0.15) is 47.2 Å². The highest BCUT2D eigenvalue weighted by Crippen LogP contribution is 2.32. The average Bonchev–Trinajstić information content (AvgIpc) is 3.41. The van der Waals surface area contributed by atoms with E-state index in [0.717, 1.165) is 43.7 Å². The van der Waals surface area contributed by atoms with Crippen LogP contribution in [0.2, 0.25) is 0 Å². The molecule has 4 aliphatic rings. The summed E-state index contributed by atoms with van der Waals surface area (Å²) >= 11 is 0. The molecule has 4 aliphatic heterocycles. The molecule has 8 nitrogen and oxygen atoms in total. The quantitative estimate of drug-likeness (QED) is 0.621. The largest absolute Gasteiger partial charge is 0.372 e. The monoisotopic (exact) mass is 398 g/mol. The van der Waals surface area contributed by atoms with Gasteiger partial charge < -0.3 is 20.3 Å². The predicted octanol–water partition coefficient (Wildman–Crippen LogP) is 0.0582. The summed E-state index contributed by atoms with van der Waals surface area (Å²) in [6.07, 6.45) is 2.73. The molecule has 3 unspecified atom stereocenters. The van der Waals surface area contributed by atoms with Gasteiger partial charge in [0.05, 0.1) is 12.2 Å². The number of carbonyl (C=O) groups is 3. The van der Waals surface area contributed by atoms with E-state index >= 15 is 0 Å². The van der Waals surface area contributed by atoms with Gasteiger partial charge in [0, 0.05) is 37.7 Å². The normalized spacial score (nSPS) is 31.6. The van der Waals surface area contributed by atoms with Crippen molar-refractivity contribution in [2.24, 2.45) is 0 Å². The number of piperidine rings is 1. The van der Waals surface area contributed by atoms with Gasteiger partial charge in [-0.05, 0) is 43.0 Å². The molecule has 0 aliphatic carbocycles. The number of hydrogen-bond acceptors (Lipinski definition) is 6. The van der Waals surface area contributed by atoms with Gasteiger partial charge in [-0.25, -0.2) is 0 Å². The lowest BCUT2D eigenvalue weighted by atomic mass is 9.97. The molecular weight excluding hydrogens is 372 g/mol. The number of amides is 3. The van der Waals surface area contributed by atoms with Gasteiger partial charge >= 0.3 is 0 Å². The summed E-state index contributed by atoms with van der Waals surface area (Å²) in [5, 5.41) is 9.28. The molecular formula is C21H26N4O4. The number of fused-ring (bicyclic) bond motifs is 1. The zero-order valence-corrected chi connectivity index (χ0v) is 16.3. The number of ether oxygens (including phenoxy) is 1. The Morgan fingerprint density at radius 3 is 2.97 bits per heavy atom. The van der Waals surface area contributed by atoms with Gasteiger partial charge in [0.15, 0.2) is 0 Å². The maximum Gasteiger partial charge on any atom is 0.255 e. The number of carbonyl (C=O) groups excluding carboxylic acids is 3. The third kappa shape index (κ3) is 3.45. The van der Waals surface area contributed by atoms with Crippen LogP contribution in [-0.4, -0.2) is 60.0 Å². The van der Waals surface area contributed by atoms with Gasteiger partial charge in [0.2, 0.25) is 11.8 Å². The Balaban J connectivity index is 1.22. The van der Waals surface area contributed by atoms with Crippen molar-refractivity contribution in [3.05, 3.63) is 34.9 Å². The summed E-state index contributed by atoms with van der Waals surface area (Å²) < 4.78 is 6.04. The summed E-state index contributed by atoms with van der Waals surface area (Å²) in [6, 6.07) is 5.69. The van der Waals surface area contributed by atoms with E-state index in [1.165, 1.54) is 0 Å². The number of nitrogens with one attached hydrogen (secondary N) is 3. The lowest BCUT2D eigenvalue weighted by Crippen LogP contribution is -2.52. The maximum atomic E-state index is 12.9. The fourth-order valence-corrected chi connectivity index (χ4v) is 4.97. The summed E-state index contributed by atoms with van der Waals surface area (Å²) in [7, 11) is 0. The van der Waals surface area contributed by atoms with Crippen LogP contribution in [0.25, 0.3) is 0 Å². The van der Waals surface area contributed by atoms with Crippen LogP contribution in [0.4, 0.5) is 0 Å². The van der Waals surface area contributed by atoms with Crippen LogP contribution in [-0.2, 0) is 27.4 Å². The van der Waals surface area contributed by atoms with Crippen LogP contribution in [0.3, 0.4) is 0 Å². The Kier molecular flexibility index (Phi) is 4.64. The molecule has 3 N–H and O–H groups in total. The molecule has 8 heteroatoms. The van der Waals surface area contributed by atoms with Gasteiger partial charge in [0.1, 0.15) is 6.04 Å². The van der Waals surface area contributed by atoms with Crippen molar-refractivity contribution < 1.29 is 19.1 Å². The third-order valence-electron chi connectivity index (χ3n) is 6.60. The van der Waals surface area contributed by atoms with Crippen molar-refractivity contribution >= 4 is 17.7 Å². The number of imide groups is 1. The summed E-state index contributed by atoms with van der Waals surface area (Å²) in [5.41, 5.74) is 2.64. The first kappa shape index (κ1) is 18.7. The number of nitrogens with zero attached hydrogens (tertiary/aromatic N) is 1. The Labute approximate surface area is 169 Å². The Bertz CT molecular complexity index is 864. The zero-order valence-electron chi connectivity index (χ0n) is 16.3. The first-order valence-electron chi connectivity index (χ1n) is 10.4. The highest BCUT2D eigenvalue weighted by Gasteiger charge is 2.42. The Morgan fingerprint density at radius 1 is 1.28 bits per heavy atom. The van der Waals surface area contributed by atoms with E-state index in [9.17, 15) is 14.4 Å². The first-order valence-corrected chi connectivity index (χ1v) is 10.4. The Hall–Kier alpha value is -2.29. The Morgan fingerprint density at radius 2 is 2.17 bits per heavy atom. The zero-order chi connectivity index (χ0) is 20.0. The molecule has 1 aromatic rings. The third-order valence-corrected chi connectivity index (χ3v) is 6.60. The van der Waals surface area contributed by atoms with E-state index < -0.39 is 6.04 Å². The van der Waals surface area contributed by atoms with Crippen LogP contribution >= 0.6 is 0 Å². The summed E-state index contributed by atoms with van der Waals surface area (Å²) in [4.78, 5) is 38.1. The van der Waals surface area contributed by atoms with Crippen LogP contribution in [0.5, 0.6) is 0 Å². The maximum absolute atomic E-state index is 12.9. The fraction of sp³-hybridized carbons (Fsp3) is 0.571.